The molecule has 160 valence electrons. The van der Waals surface area contributed by atoms with E-state index in [9.17, 15) is 4.79 Å². The van der Waals surface area contributed by atoms with Crippen LogP contribution in [0.5, 0.6) is 0 Å². The highest BCUT2D eigenvalue weighted by molar-refractivity contribution is 9.10. The number of thioether (sulfide) groups is 1. The maximum atomic E-state index is 12.7. The number of carbonyl (C=O) groups is 1. The number of carbonyl (C=O) groups excluding carboxylic acids is 1. The number of ketones is 1. The lowest BCUT2D eigenvalue weighted by Gasteiger charge is -2.11. The van der Waals surface area contributed by atoms with Gasteiger partial charge in [0.1, 0.15) is 11.4 Å². The number of halogens is 1. The molecule has 0 aliphatic heterocycles. The van der Waals surface area contributed by atoms with Crippen LogP contribution in [0.2, 0.25) is 0 Å². The molecule has 4 rings (SSSR count). The minimum atomic E-state index is 0.190. The molecule has 0 fully saturated rings. The summed E-state index contributed by atoms with van der Waals surface area (Å²) in [5.41, 5.74) is 4.38. The molecule has 7 heteroatoms. The zero-order valence-corrected chi connectivity index (χ0v) is 20.2. The fourth-order valence-electron chi connectivity index (χ4n) is 3.73. The third-order valence-corrected chi connectivity index (χ3v) is 6.88. The Labute approximate surface area is 194 Å². The Kier molecular flexibility index (Phi) is 6.62. The van der Waals surface area contributed by atoms with Crippen LogP contribution in [0.1, 0.15) is 30.5 Å². The van der Waals surface area contributed by atoms with Crippen molar-refractivity contribution in [3.8, 4) is 11.6 Å². The summed E-state index contributed by atoms with van der Waals surface area (Å²) in [6.07, 6.45) is 1.38. The Morgan fingerprint density at radius 1 is 1.16 bits per heavy atom. The van der Waals surface area contributed by atoms with Crippen molar-refractivity contribution in [2.24, 2.45) is 0 Å². The number of furan rings is 1. The Morgan fingerprint density at radius 2 is 2.00 bits per heavy atom. The first-order chi connectivity index (χ1) is 15.0. The molecule has 4 aromatic rings. The molecule has 0 bridgehead atoms. The summed E-state index contributed by atoms with van der Waals surface area (Å²) in [5, 5.41) is 10.4. The summed E-state index contributed by atoms with van der Waals surface area (Å²) in [6.45, 7) is 6.93. The van der Waals surface area contributed by atoms with Gasteiger partial charge in [-0.05, 0) is 61.2 Å². The van der Waals surface area contributed by atoms with Gasteiger partial charge in [0.05, 0.1) is 5.75 Å². The third kappa shape index (κ3) is 4.62. The van der Waals surface area contributed by atoms with E-state index >= 15 is 0 Å². The largest absolute Gasteiger partial charge is 0.453 e. The van der Waals surface area contributed by atoms with Gasteiger partial charge in [0, 0.05) is 22.8 Å². The molecule has 31 heavy (non-hydrogen) atoms. The van der Waals surface area contributed by atoms with E-state index in [1.165, 1.54) is 22.9 Å². The summed E-state index contributed by atoms with van der Waals surface area (Å²) in [7, 11) is 0. The number of Topliss-reactive ketones (excluding diaryl/α,β-unsaturated/α-hetero) is 1. The highest BCUT2D eigenvalue weighted by atomic mass is 79.9. The van der Waals surface area contributed by atoms with Crippen molar-refractivity contribution in [2.75, 3.05) is 5.75 Å². The smallest absolute Gasteiger partial charge is 0.200 e. The van der Waals surface area contributed by atoms with Crippen LogP contribution in [0.3, 0.4) is 0 Å². The molecule has 2 heterocycles. The number of fused-ring (bicyclic) bond motifs is 1. The minimum Gasteiger partial charge on any atom is -0.453 e. The monoisotopic (exact) mass is 497 g/mol. The molecule has 2 aromatic carbocycles. The van der Waals surface area contributed by atoms with Gasteiger partial charge in [-0.15, -0.1) is 10.2 Å². The molecule has 2 aromatic heterocycles. The van der Waals surface area contributed by atoms with Gasteiger partial charge in [0.15, 0.2) is 10.9 Å². The highest BCUT2D eigenvalue weighted by Crippen LogP contribution is 2.31. The van der Waals surface area contributed by atoms with Crippen LogP contribution in [-0.4, -0.2) is 26.3 Å². The lowest BCUT2D eigenvalue weighted by Crippen LogP contribution is -2.10. The van der Waals surface area contributed by atoms with Gasteiger partial charge in [0.25, 0.3) is 0 Å². The van der Waals surface area contributed by atoms with E-state index in [-0.39, 0.29) is 5.78 Å². The zero-order chi connectivity index (χ0) is 22.0. The molecule has 0 atom stereocenters. The van der Waals surface area contributed by atoms with Crippen LogP contribution in [0, 0.1) is 6.92 Å². The summed E-state index contributed by atoms with van der Waals surface area (Å²) < 4.78 is 8.98. The van der Waals surface area contributed by atoms with Gasteiger partial charge < -0.3 is 4.42 Å². The molecule has 0 radical (unpaired) electrons. The van der Waals surface area contributed by atoms with Gasteiger partial charge >= 0.3 is 0 Å². The molecule has 0 saturated heterocycles. The molecular formula is C24H24BrN3O2S. The topological polar surface area (TPSA) is 60.9 Å². The second-order valence-electron chi connectivity index (χ2n) is 7.41. The van der Waals surface area contributed by atoms with Crippen LogP contribution < -0.4 is 0 Å². The van der Waals surface area contributed by atoms with E-state index < -0.39 is 0 Å². The first kappa shape index (κ1) is 21.8. The molecule has 5 nitrogen and oxygen atoms in total. The summed E-state index contributed by atoms with van der Waals surface area (Å²) >= 11 is 4.92. The van der Waals surface area contributed by atoms with Gasteiger partial charge in [-0.1, -0.05) is 52.8 Å². The van der Waals surface area contributed by atoms with Crippen molar-refractivity contribution in [1.82, 2.24) is 14.8 Å². The van der Waals surface area contributed by atoms with E-state index in [2.05, 4.69) is 58.2 Å². The fourth-order valence-corrected chi connectivity index (χ4v) is 4.97. The quantitative estimate of drug-likeness (QED) is 0.269. The summed E-state index contributed by atoms with van der Waals surface area (Å²) in [5.74, 6) is 1.91. The number of hydrogen-bond donors (Lipinski definition) is 0. The normalized spacial score (nSPS) is 11.4. The average Bonchev–Trinajstić information content (AvgIpc) is 3.36. The average molecular weight is 498 g/mol. The number of aromatic nitrogens is 3. The van der Waals surface area contributed by atoms with Crippen LogP contribution in [-0.2, 0) is 24.2 Å². The fraction of sp³-hybridized carbons (Fsp3) is 0.292. The number of hydrogen-bond acceptors (Lipinski definition) is 5. The Balaban J connectivity index is 1.51. The first-order valence-electron chi connectivity index (χ1n) is 10.3. The number of benzene rings is 2. The molecule has 0 amide bonds. The van der Waals surface area contributed by atoms with Gasteiger partial charge in [-0.3, -0.25) is 9.36 Å². The highest BCUT2D eigenvalue weighted by Gasteiger charge is 2.18. The van der Waals surface area contributed by atoms with Gasteiger partial charge in [-0.25, -0.2) is 0 Å². The molecule has 0 saturated carbocycles. The van der Waals surface area contributed by atoms with Crippen LogP contribution in [0.15, 0.2) is 56.5 Å². The SMILES string of the molecule is CCc1cccc(C)c1CC(=O)CSc1nnc(-c2cc3cc(Br)ccc3o2)n1CC. The van der Waals surface area contributed by atoms with Gasteiger partial charge in [-0.2, -0.15) is 0 Å². The maximum Gasteiger partial charge on any atom is 0.200 e. The van der Waals surface area contributed by atoms with Crippen LogP contribution >= 0.6 is 27.7 Å². The van der Waals surface area contributed by atoms with E-state index in [1.54, 1.807) is 0 Å². The zero-order valence-electron chi connectivity index (χ0n) is 17.8. The van der Waals surface area contributed by atoms with Crippen molar-refractivity contribution < 1.29 is 9.21 Å². The van der Waals surface area contributed by atoms with Crippen LogP contribution in [0.4, 0.5) is 0 Å². The van der Waals surface area contributed by atoms with Gasteiger partial charge in [0.2, 0.25) is 5.82 Å². The standard InChI is InChI=1S/C24H24BrN3O2S/c1-4-16-8-6-7-15(3)20(16)13-19(29)14-31-24-27-26-23(28(24)5-2)22-12-17-11-18(25)9-10-21(17)30-22/h6-12H,4-5,13-14H2,1-3H3. The van der Waals surface area contributed by atoms with Crippen LogP contribution in [0.25, 0.3) is 22.6 Å². The lowest BCUT2D eigenvalue weighted by molar-refractivity contribution is -0.116. The second kappa shape index (κ2) is 9.40. The maximum absolute atomic E-state index is 12.7. The number of aryl methyl sites for hydroxylation is 2. The van der Waals surface area contributed by atoms with Crippen molar-refractivity contribution in [3.05, 3.63) is 63.6 Å². The molecule has 0 spiro atoms. The predicted molar refractivity (Wildman–Crippen MR) is 129 cm³/mol. The van der Waals surface area contributed by atoms with E-state index in [0.29, 0.717) is 30.3 Å². The van der Waals surface area contributed by atoms with E-state index in [0.717, 1.165) is 32.6 Å². The predicted octanol–water partition coefficient (Wildman–Crippen LogP) is 6.25. The Hall–Kier alpha value is -2.38. The number of rotatable bonds is 8. The van der Waals surface area contributed by atoms with Crippen molar-refractivity contribution >= 4 is 44.4 Å². The summed E-state index contributed by atoms with van der Waals surface area (Å²) in [6, 6.07) is 14.1. The second-order valence-corrected chi connectivity index (χ2v) is 9.27. The molecule has 0 N–H and O–H groups in total. The van der Waals surface area contributed by atoms with Crippen molar-refractivity contribution in [2.45, 2.75) is 45.3 Å². The minimum absolute atomic E-state index is 0.190. The molecular weight excluding hydrogens is 474 g/mol. The molecule has 0 aliphatic rings. The number of nitrogens with zero attached hydrogens (tertiary/aromatic N) is 3. The Morgan fingerprint density at radius 3 is 2.77 bits per heavy atom. The first-order valence-corrected chi connectivity index (χ1v) is 12.1. The summed E-state index contributed by atoms with van der Waals surface area (Å²) in [4.78, 5) is 12.7. The van der Waals surface area contributed by atoms with Crippen molar-refractivity contribution in [3.63, 3.8) is 0 Å². The third-order valence-electron chi connectivity index (χ3n) is 5.36. The van der Waals surface area contributed by atoms with E-state index in [1.807, 2.05) is 35.8 Å². The molecule has 0 unspecified atom stereocenters. The lowest BCUT2D eigenvalue weighted by atomic mass is 9.96. The Bertz CT molecular complexity index is 1250. The molecule has 0 aliphatic carbocycles. The van der Waals surface area contributed by atoms with Crippen molar-refractivity contribution in [1.29, 1.82) is 0 Å². The van der Waals surface area contributed by atoms with E-state index in [4.69, 9.17) is 4.42 Å².